The summed E-state index contributed by atoms with van der Waals surface area (Å²) in [5.41, 5.74) is 5.21. The first kappa shape index (κ1) is 18.1. The van der Waals surface area contributed by atoms with Gasteiger partial charge < -0.3 is 4.42 Å². The molecule has 0 fully saturated rings. The van der Waals surface area contributed by atoms with Gasteiger partial charge in [0, 0.05) is 23.1 Å². The molecule has 1 aromatic heterocycles. The minimum Gasteiger partial charge on any atom is -0.461 e. The summed E-state index contributed by atoms with van der Waals surface area (Å²) in [5.74, 6) is 1.68. The number of anilines is 1. The molecular weight excluding hydrogens is 358 g/mol. The monoisotopic (exact) mass is 383 g/mol. The Hall–Kier alpha value is -2.27. The molecular formula is C22H25NO3S. The largest absolute Gasteiger partial charge is 0.461 e. The standard InChI is InChI=1S/C22H25NO3S/c1-13-5-7-18-19-12-17(6-8-20(19)26-21(18)11-13)23-27(24,25)22-15(3)9-14(2)10-16(22)4/h6,8-10,12-13,23H,5,7,11H2,1-4H3. The molecule has 27 heavy (non-hydrogen) atoms. The SMILES string of the molecule is Cc1cc(C)c(S(=O)(=O)Nc2ccc3oc4c(c3c2)CCC(C)C4)c(C)c1. The molecule has 4 rings (SSSR count). The number of fused-ring (bicyclic) bond motifs is 3. The molecule has 1 unspecified atom stereocenters. The van der Waals surface area contributed by atoms with Gasteiger partial charge in [-0.25, -0.2) is 8.42 Å². The average Bonchev–Trinajstić information content (AvgIpc) is 2.89. The Morgan fingerprint density at radius 2 is 1.78 bits per heavy atom. The highest BCUT2D eigenvalue weighted by molar-refractivity contribution is 7.92. The lowest BCUT2D eigenvalue weighted by Gasteiger charge is -2.16. The summed E-state index contributed by atoms with van der Waals surface area (Å²) in [4.78, 5) is 0.358. The minimum atomic E-state index is -3.65. The summed E-state index contributed by atoms with van der Waals surface area (Å²) in [5, 5.41) is 1.02. The van der Waals surface area contributed by atoms with Crippen molar-refractivity contribution in [2.75, 3.05) is 4.72 Å². The first-order valence-electron chi connectivity index (χ1n) is 9.39. The van der Waals surface area contributed by atoms with Gasteiger partial charge in [0.25, 0.3) is 10.0 Å². The molecule has 142 valence electrons. The van der Waals surface area contributed by atoms with Gasteiger partial charge in [-0.1, -0.05) is 24.6 Å². The fourth-order valence-corrected chi connectivity index (χ4v) is 5.81. The molecule has 1 aliphatic carbocycles. The third-order valence-electron chi connectivity index (χ3n) is 5.42. The molecule has 5 heteroatoms. The van der Waals surface area contributed by atoms with Gasteiger partial charge in [0.05, 0.1) is 4.90 Å². The highest BCUT2D eigenvalue weighted by atomic mass is 32.2. The van der Waals surface area contributed by atoms with Gasteiger partial charge in [-0.15, -0.1) is 0 Å². The van der Waals surface area contributed by atoms with Crippen molar-refractivity contribution in [3.63, 3.8) is 0 Å². The number of hydrogen-bond acceptors (Lipinski definition) is 3. The number of aryl methyl sites for hydroxylation is 4. The number of furan rings is 1. The topological polar surface area (TPSA) is 59.3 Å². The Morgan fingerprint density at radius 1 is 1.07 bits per heavy atom. The summed E-state index contributed by atoms with van der Waals surface area (Å²) in [6, 6.07) is 9.35. The zero-order valence-corrected chi connectivity index (χ0v) is 17.0. The van der Waals surface area contributed by atoms with E-state index in [4.69, 9.17) is 4.42 Å². The number of hydrogen-bond donors (Lipinski definition) is 1. The molecule has 0 saturated heterocycles. The lowest BCUT2D eigenvalue weighted by atomic mass is 9.88. The lowest BCUT2D eigenvalue weighted by molar-refractivity contribution is 0.426. The molecule has 1 aliphatic rings. The maximum absolute atomic E-state index is 13.0. The smallest absolute Gasteiger partial charge is 0.262 e. The van der Waals surface area contributed by atoms with Crippen LogP contribution in [-0.4, -0.2) is 8.42 Å². The molecule has 0 saturated carbocycles. The minimum absolute atomic E-state index is 0.358. The third kappa shape index (κ3) is 3.25. The van der Waals surface area contributed by atoms with E-state index in [2.05, 4.69) is 11.6 Å². The Labute approximate surface area is 160 Å². The fraction of sp³-hybridized carbons (Fsp3) is 0.364. The molecule has 0 spiro atoms. The normalized spacial score (nSPS) is 17.1. The predicted molar refractivity (Wildman–Crippen MR) is 109 cm³/mol. The number of sulfonamides is 1. The van der Waals surface area contributed by atoms with Crippen LogP contribution in [-0.2, 0) is 22.9 Å². The van der Waals surface area contributed by atoms with Gasteiger partial charge in [0.1, 0.15) is 11.3 Å². The summed E-state index contributed by atoms with van der Waals surface area (Å²) in [7, 11) is -3.65. The van der Waals surface area contributed by atoms with Crippen molar-refractivity contribution in [2.24, 2.45) is 5.92 Å². The van der Waals surface area contributed by atoms with Crippen molar-refractivity contribution in [1.82, 2.24) is 0 Å². The van der Waals surface area contributed by atoms with Crippen LogP contribution >= 0.6 is 0 Å². The zero-order valence-electron chi connectivity index (χ0n) is 16.2. The van der Waals surface area contributed by atoms with Crippen LogP contribution < -0.4 is 4.72 Å². The van der Waals surface area contributed by atoms with E-state index < -0.39 is 10.0 Å². The second kappa shape index (κ2) is 6.41. The second-order valence-electron chi connectivity index (χ2n) is 7.90. The Bertz CT molecular complexity index is 1120. The molecule has 1 heterocycles. The summed E-state index contributed by atoms with van der Waals surface area (Å²) in [6.07, 6.45) is 3.07. The van der Waals surface area contributed by atoms with Crippen LogP contribution in [0.2, 0.25) is 0 Å². The van der Waals surface area contributed by atoms with Gasteiger partial charge in [-0.05, 0) is 68.9 Å². The summed E-state index contributed by atoms with van der Waals surface area (Å²) < 4.78 is 34.8. The van der Waals surface area contributed by atoms with Gasteiger partial charge >= 0.3 is 0 Å². The van der Waals surface area contributed by atoms with E-state index in [0.29, 0.717) is 16.5 Å². The highest BCUT2D eigenvalue weighted by Gasteiger charge is 2.23. The number of benzene rings is 2. The van der Waals surface area contributed by atoms with Gasteiger partial charge in [0.15, 0.2) is 0 Å². The summed E-state index contributed by atoms with van der Waals surface area (Å²) in [6.45, 7) is 7.89. The van der Waals surface area contributed by atoms with Crippen LogP contribution in [0.15, 0.2) is 39.6 Å². The molecule has 3 aromatic rings. The average molecular weight is 384 g/mol. The van der Waals surface area contributed by atoms with E-state index in [1.54, 1.807) is 6.07 Å². The van der Waals surface area contributed by atoms with Crippen molar-refractivity contribution >= 4 is 26.7 Å². The van der Waals surface area contributed by atoms with Crippen LogP contribution in [0.1, 0.15) is 41.4 Å². The quantitative estimate of drug-likeness (QED) is 0.669. The first-order chi connectivity index (χ1) is 12.7. The lowest BCUT2D eigenvalue weighted by Crippen LogP contribution is -2.16. The van der Waals surface area contributed by atoms with E-state index in [9.17, 15) is 8.42 Å². The van der Waals surface area contributed by atoms with Crippen molar-refractivity contribution in [1.29, 1.82) is 0 Å². The fourth-order valence-electron chi connectivity index (χ4n) is 4.31. The Balaban J connectivity index is 1.73. The maximum atomic E-state index is 13.0. The summed E-state index contributed by atoms with van der Waals surface area (Å²) >= 11 is 0. The van der Waals surface area contributed by atoms with Crippen molar-refractivity contribution in [3.05, 3.63) is 58.3 Å². The van der Waals surface area contributed by atoms with Gasteiger partial charge in [0.2, 0.25) is 0 Å². The molecule has 2 aromatic carbocycles. The maximum Gasteiger partial charge on any atom is 0.262 e. The molecule has 0 bridgehead atoms. The molecule has 0 aliphatic heterocycles. The van der Waals surface area contributed by atoms with Crippen LogP contribution in [0.25, 0.3) is 11.0 Å². The number of nitrogens with one attached hydrogen (secondary N) is 1. The van der Waals surface area contributed by atoms with Crippen LogP contribution in [0.4, 0.5) is 5.69 Å². The van der Waals surface area contributed by atoms with Crippen molar-refractivity contribution < 1.29 is 12.8 Å². The van der Waals surface area contributed by atoms with E-state index in [1.807, 2.05) is 45.0 Å². The van der Waals surface area contributed by atoms with Gasteiger partial charge in [-0.2, -0.15) is 0 Å². The predicted octanol–water partition coefficient (Wildman–Crippen LogP) is 5.28. The highest BCUT2D eigenvalue weighted by Crippen LogP contribution is 2.35. The van der Waals surface area contributed by atoms with Crippen LogP contribution in [0.5, 0.6) is 0 Å². The number of rotatable bonds is 3. The molecule has 0 radical (unpaired) electrons. The van der Waals surface area contributed by atoms with Crippen LogP contribution in [0, 0.1) is 26.7 Å². The van der Waals surface area contributed by atoms with E-state index in [-0.39, 0.29) is 0 Å². The Morgan fingerprint density at radius 3 is 2.48 bits per heavy atom. The second-order valence-corrected chi connectivity index (χ2v) is 9.52. The molecule has 0 amide bonds. The first-order valence-corrected chi connectivity index (χ1v) is 10.9. The van der Waals surface area contributed by atoms with E-state index in [1.165, 1.54) is 5.56 Å². The zero-order chi connectivity index (χ0) is 19.3. The molecule has 1 atom stereocenters. The van der Waals surface area contributed by atoms with E-state index in [0.717, 1.165) is 52.7 Å². The van der Waals surface area contributed by atoms with Crippen molar-refractivity contribution in [2.45, 2.75) is 51.9 Å². The molecule has 4 nitrogen and oxygen atoms in total. The van der Waals surface area contributed by atoms with Gasteiger partial charge in [-0.3, -0.25) is 4.72 Å². The third-order valence-corrected chi connectivity index (χ3v) is 7.11. The van der Waals surface area contributed by atoms with E-state index >= 15 is 0 Å². The molecule has 1 N–H and O–H groups in total. The van der Waals surface area contributed by atoms with Crippen LogP contribution in [0.3, 0.4) is 0 Å². The van der Waals surface area contributed by atoms with Crippen molar-refractivity contribution in [3.8, 4) is 0 Å². The Kier molecular flexibility index (Phi) is 4.30.